The van der Waals surface area contributed by atoms with E-state index in [0.717, 1.165) is 13.0 Å². The molecule has 0 spiro atoms. The second kappa shape index (κ2) is 4.53. The first-order valence-electron chi connectivity index (χ1n) is 5.45. The van der Waals surface area contributed by atoms with Gasteiger partial charge >= 0.3 is 0 Å². The van der Waals surface area contributed by atoms with E-state index in [1.54, 1.807) is 11.3 Å². The summed E-state index contributed by atoms with van der Waals surface area (Å²) in [4.78, 5) is 14.6. The Kier molecular flexibility index (Phi) is 3.28. The zero-order chi connectivity index (χ0) is 11.7. The van der Waals surface area contributed by atoms with E-state index in [4.69, 9.17) is 11.5 Å². The summed E-state index contributed by atoms with van der Waals surface area (Å²) in [6, 6.07) is 1.93. The van der Waals surface area contributed by atoms with Crippen LogP contribution < -0.4 is 11.5 Å². The van der Waals surface area contributed by atoms with Crippen molar-refractivity contribution in [1.82, 2.24) is 4.90 Å². The van der Waals surface area contributed by atoms with Crippen molar-refractivity contribution in [3.63, 3.8) is 0 Å². The van der Waals surface area contributed by atoms with Crippen LogP contribution in [-0.4, -0.2) is 29.9 Å². The van der Waals surface area contributed by atoms with E-state index in [1.165, 1.54) is 10.4 Å². The quantitative estimate of drug-likeness (QED) is 0.806. The molecule has 16 heavy (non-hydrogen) atoms. The number of fused-ring (bicyclic) bond motifs is 1. The SMILES string of the molecule is CC1c2ccsc2CCN1CC(N)C(N)=O. The third-order valence-electron chi connectivity index (χ3n) is 3.20. The second-order valence-electron chi connectivity index (χ2n) is 4.23. The molecule has 0 saturated heterocycles. The van der Waals surface area contributed by atoms with Gasteiger partial charge < -0.3 is 11.5 Å². The molecule has 0 bridgehead atoms. The van der Waals surface area contributed by atoms with E-state index < -0.39 is 11.9 Å². The van der Waals surface area contributed by atoms with Gasteiger partial charge in [-0.2, -0.15) is 0 Å². The Morgan fingerprint density at radius 3 is 3.19 bits per heavy atom. The number of primary amides is 1. The van der Waals surface area contributed by atoms with Crippen molar-refractivity contribution in [2.45, 2.75) is 25.4 Å². The fraction of sp³-hybridized carbons (Fsp3) is 0.545. The number of nitrogens with zero attached hydrogens (tertiary/aromatic N) is 1. The van der Waals surface area contributed by atoms with Gasteiger partial charge in [0.05, 0.1) is 6.04 Å². The van der Waals surface area contributed by atoms with E-state index in [2.05, 4.69) is 23.3 Å². The van der Waals surface area contributed by atoms with Crippen molar-refractivity contribution in [3.05, 3.63) is 21.9 Å². The van der Waals surface area contributed by atoms with Gasteiger partial charge in [0, 0.05) is 24.0 Å². The van der Waals surface area contributed by atoms with Crippen LogP contribution in [0, 0.1) is 0 Å². The van der Waals surface area contributed by atoms with Crippen LogP contribution in [0.1, 0.15) is 23.4 Å². The van der Waals surface area contributed by atoms with Crippen LogP contribution in [0.15, 0.2) is 11.4 Å². The van der Waals surface area contributed by atoms with Gasteiger partial charge in [0.1, 0.15) is 0 Å². The molecule has 1 aliphatic rings. The van der Waals surface area contributed by atoms with Crippen LogP contribution in [0.4, 0.5) is 0 Å². The molecule has 1 aliphatic heterocycles. The minimum Gasteiger partial charge on any atom is -0.368 e. The van der Waals surface area contributed by atoms with Gasteiger partial charge in [-0.3, -0.25) is 9.69 Å². The molecule has 0 radical (unpaired) electrons. The molecule has 2 unspecified atom stereocenters. The van der Waals surface area contributed by atoms with Crippen LogP contribution >= 0.6 is 11.3 Å². The maximum absolute atomic E-state index is 10.9. The van der Waals surface area contributed by atoms with Gasteiger partial charge in [-0.25, -0.2) is 0 Å². The van der Waals surface area contributed by atoms with Crippen molar-refractivity contribution in [2.75, 3.05) is 13.1 Å². The molecule has 0 saturated carbocycles. The maximum Gasteiger partial charge on any atom is 0.235 e. The molecule has 0 aromatic carbocycles. The molecule has 4 N–H and O–H groups in total. The molecular formula is C11H17N3OS. The molecule has 2 heterocycles. The first-order valence-corrected chi connectivity index (χ1v) is 6.32. The third kappa shape index (κ3) is 2.11. The molecule has 4 nitrogen and oxygen atoms in total. The van der Waals surface area contributed by atoms with Gasteiger partial charge in [-0.05, 0) is 30.4 Å². The monoisotopic (exact) mass is 239 g/mol. The standard InChI is InChI=1S/C11H17N3OS/c1-7-8-3-5-16-10(8)2-4-14(7)6-9(12)11(13)15/h3,5,7,9H,2,4,6,12H2,1H3,(H2,13,15). The van der Waals surface area contributed by atoms with E-state index >= 15 is 0 Å². The summed E-state index contributed by atoms with van der Waals surface area (Å²) in [5.74, 6) is -0.427. The predicted molar refractivity (Wildman–Crippen MR) is 65.2 cm³/mol. The Labute approximate surface area is 99.2 Å². The zero-order valence-electron chi connectivity index (χ0n) is 9.35. The molecule has 5 heteroatoms. The van der Waals surface area contributed by atoms with Crippen LogP contribution in [-0.2, 0) is 11.2 Å². The molecule has 1 amide bonds. The highest BCUT2D eigenvalue weighted by Crippen LogP contribution is 2.32. The molecule has 0 fully saturated rings. The van der Waals surface area contributed by atoms with Gasteiger partial charge in [0.2, 0.25) is 5.91 Å². The number of carbonyl (C=O) groups excluding carboxylic acids is 1. The van der Waals surface area contributed by atoms with E-state index in [-0.39, 0.29) is 0 Å². The average molecular weight is 239 g/mol. The Balaban J connectivity index is 2.07. The lowest BCUT2D eigenvalue weighted by Gasteiger charge is -2.34. The lowest BCUT2D eigenvalue weighted by Crippen LogP contribution is -2.48. The number of thiophene rings is 1. The first kappa shape index (κ1) is 11.6. The molecule has 1 aromatic heterocycles. The summed E-state index contributed by atoms with van der Waals surface area (Å²) in [7, 11) is 0. The van der Waals surface area contributed by atoms with E-state index in [0.29, 0.717) is 12.6 Å². The van der Waals surface area contributed by atoms with Crippen molar-refractivity contribution in [3.8, 4) is 0 Å². The molecule has 1 aromatic rings. The van der Waals surface area contributed by atoms with Crippen LogP contribution in [0.25, 0.3) is 0 Å². The van der Waals surface area contributed by atoms with Crippen molar-refractivity contribution in [2.24, 2.45) is 11.5 Å². The number of rotatable bonds is 3. The Morgan fingerprint density at radius 1 is 1.75 bits per heavy atom. The zero-order valence-corrected chi connectivity index (χ0v) is 10.2. The van der Waals surface area contributed by atoms with E-state index in [9.17, 15) is 4.79 Å². The Bertz CT molecular complexity index is 390. The highest BCUT2D eigenvalue weighted by molar-refractivity contribution is 7.10. The predicted octanol–water partition coefficient (Wildman–Crippen LogP) is 0.480. The lowest BCUT2D eigenvalue weighted by molar-refractivity contribution is -0.119. The molecular weight excluding hydrogens is 222 g/mol. The number of amides is 1. The van der Waals surface area contributed by atoms with Gasteiger partial charge in [-0.1, -0.05) is 0 Å². The Hall–Kier alpha value is -0.910. The number of hydrogen-bond acceptors (Lipinski definition) is 4. The molecule has 0 aliphatic carbocycles. The maximum atomic E-state index is 10.9. The fourth-order valence-corrected chi connectivity index (χ4v) is 3.12. The number of hydrogen-bond donors (Lipinski definition) is 2. The second-order valence-corrected chi connectivity index (χ2v) is 5.23. The lowest BCUT2D eigenvalue weighted by atomic mass is 10.0. The van der Waals surface area contributed by atoms with Crippen molar-refractivity contribution >= 4 is 17.2 Å². The van der Waals surface area contributed by atoms with Crippen LogP contribution in [0.3, 0.4) is 0 Å². The highest BCUT2D eigenvalue weighted by atomic mass is 32.1. The summed E-state index contributed by atoms with van der Waals surface area (Å²) >= 11 is 1.81. The van der Waals surface area contributed by atoms with Gasteiger partial charge in [0.25, 0.3) is 0 Å². The summed E-state index contributed by atoms with van der Waals surface area (Å²) in [5, 5.41) is 2.12. The highest BCUT2D eigenvalue weighted by Gasteiger charge is 2.26. The van der Waals surface area contributed by atoms with Crippen LogP contribution in [0.5, 0.6) is 0 Å². The normalized spacial score (nSPS) is 22.8. The fourth-order valence-electron chi connectivity index (χ4n) is 2.15. The summed E-state index contributed by atoms with van der Waals surface area (Å²) in [6.07, 6.45) is 1.04. The molecule has 2 rings (SSSR count). The van der Waals surface area contributed by atoms with Gasteiger partial charge in [-0.15, -0.1) is 11.3 Å². The van der Waals surface area contributed by atoms with Gasteiger partial charge in [0.15, 0.2) is 0 Å². The minimum atomic E-state index is -0.567. The third-order valence-corrected chi connectivity index (χ3v) is 4.20. The molecule has 2 atom stereocenters. The summed E-state index contributed by atoms with van der Waals surface area (Å²) in [6.45, 7) is 3.65. The first-order chi connectivity index (χ1) is 7.59. The largest absolute Gasteiger partial charge is 0.368 e. The smallest absolute Gasteiger partial charge is 0.235 e. The van der Waals surface area contributed by atoms with Crippen molar-refractivity contribution in [1.29, 1.82) is 0 Å². The van der Waals surface area contributed by atoms with E-state index in [1.807, 2.05) is 0 Å². The molecule has 88 valence electrons. The summed E-state index contributed by atoms with van der Waals surface area (Å²) < 4.78 is 0. The van der Waals surface area contributed by atoms with Crippen LogP contribution in [0.2, 0.25) is 0 Å². The summed E-state index contributed by atoms with van der Waals surface area (Å²) in [5.41, 5.74) is 12.2. The topological polar surface area (TPSA) is 72.3 Å². The number of nitrogens with two attached hydrogens (primary N) is 2. The van der Waals surface area contributed by atoms with Crippen molar-refractivity contribution < 1.29 is 4.79 Å². The average Bonchev–Trinajstić information content (AvgIpc) is 2.70. The number of carbonyl (C=O) groups is 1. The Morgan fingerprint density at radius 2 is 2.50 bits per heavy atom. The minimum absolute atomic E-state index is 0.334.